The number of aliphatic hydroxyl groups is 1. The van der Waals surface area contributed by atoms with E-state index >= 15 is 0 Å². The van der Waals surface area contributed by atoms with Crippen molar-refractivity contribution < 1.29 is 5.11 Å². The molecule has 0 radical (unpaired) electrons. The van der Waals surface area contributed by atoms with Crippen LogP contribution in [0.25, 0.3) is 0 Å². The average molecular weight is 307 g/mol. The van der Waals surface area contributed by atoms with Crippen LogP contribution in [0.5, 0.6) is 0 Å². The molecule has 1 N–H and O–H groups in total. The summed E-state index contributed by atoms with van der Waals surface area (Å²) in [5, 5.41) is 14.9. The van der Waals surface area contributed by atoms with Gasteiger partial charge in [0.25, 0.3) is 0 Å². The largest absolute Gasteiger partial charge is 0.390 e. The van der Waals surface area contributed by atoms with Gasteiger partial charge in [-0.05, 0) is 27.0 Å². The summed E-state index contributed by atoms with van der Waals surface area (Å²) in [7, 11) is 2.16. The summed E-state index contributed by atoms with van der Waals surface area (Å²) in [6, 6.07) is 2.61. The Morgan fingerprint density at radius 2 is 1.77 bits per heavy atom. The molecule has 2 fully saturated rings. The van der Waals surface area contributed by atoms with Gasteiger partial charge in [0.2, 0.25) is 0 Å². The normalized spacial score (nSPS) is 23.6. The number of likely N-dealkylation sites (tertiary alicyclic amines) is 1. The van der Waals surface area contributed by atoms with Gasteiger partial charge in [-0.1, -0.05) is 0 Å². The van der Waals surface area contributed by atoms with Gasteiger partial charge >= 0.3 is 0 Å². The van der Waals surface area contributed by atoms with E-state index in [4.69, 9.17) is 0 Å². The molecule has 1 aromatic rings. The quantitative estimate of drug-likeness (QED) is 0.827. The van der Waals surface area contributed by atoms with Gasteiger partial charge in [0.15, 0.2) is 0 Å². The van der Waals surface area contributed by atoms with E-state index in [0.717, 1.165) is 58.1 Å². The Labute approximate surface area is 133 Å². The average Bonchev–Trinajstić information content (AvgIpc) is 2.75. The lowest BCUT2D eigenvalue weighted by molar-refractivity contribution is 0.0166. The number of hydrogen-bond acceptors (Lipinski definition) is 5. The predicted molar refractivity (Wildman–Crippen MR) is 87.1 cm³/mol. The maximum Gasteiger partial charge on any atom is 0.0793 e. The molecule has 0 unspecified atom stereocenters. The summed E-state index contributed by atoms with van der Waals surface area (Å²) >= 11 is 0. The Kier molecular flexibility index (Phi) is 4.82. The second-order valence-corrected chi connectivity index (χ2v) is 7.00. The van der Waals surface area contributed by atoms with Crippen LogP contribution in [-0.2, 0) is 0 Å². The van der Waals surface area contributed by atoms with Gasteiger partial charge in [-0.2, -0.15) is 5.10 Å². The highest BCUT2D eigenvalue weighted by atomic mass is 16.3. The maximum atomic E-state index is 10.3. The third kappa shape index (κ3) is 3.68. The molecule has 0 aliphatic carbocycles. The number of piperazine rings is 1. The second-order valence-electron chi connectivity index (χ2n) is 7.00. The summed E-state index contributed by atoms with van der Waals surface area (Å²) in [5.41, 5.74) is 2.33. The van der Waals surface area contributed by atoms with Gasteiger partial charge < -0.3 is 10.0 Å². The zero-order valence-corrected chi connectivity index (χ0v) is 14.1. The van der Waals surface area contributed by atoms with Crippen molar-refractivity contribution in [2.75, 3.05) is 59.4 Å². The number of aromatic nitrogens is 2. The predicted octanol–water partition coefficient (Wildman–Crippen LogP) is -0.0351. The van der Waals surface area contributed by atoms with E-state index in [2.05, 4.69) is 44.5 Å². The Balaban J connectivity index is 1.39. The van der Waals surface area contributed by atoms with Crippen LogP contribution in [0.2, 0.25) is 0 Å². The van der Waals surface area contributed by atoms with Crippen LogP contribution in [0.15, 0.2) is 6.07 Å². The fourth-order valence-corrected chi connectivity index (χ4v) is 3.55. The molecule has 1 aromatic heterocycles. The molecule has 3 heterocycles. The molecule has 1 atom stereocenters. The molecule has 6 heteroatoms. The number of nitrogens with zero attached hydrogens (tertiary/aromatic N) is 5. The first-order valence-electron chi connectivity index (χ1n) is 8.35. The summed E-state index contributed by atoms with van der Waals surface area (Å²) < 4.78 is 2.14. The van der Waals surface area contributed by atoms with Gasteiger partial charge in [-0.15, -0.1) is 0 Å². The van der Waals surface area contributed by atoms with Gasteiger partial charge in [0.05, 0.1) is 17.8 Å². The fraction of sp³-hybridized carbons (Fsp3) is 0.812. The van der Waals surface area contributed by atoms with Crippen molar-refractivity contribution in [1.82, 2.24) is 24.5 Å². The maximum absolute atomic E-state index is 10.3. The molecule has 0 saturated carbocycles. The standard InChI is InChI=1S/C16H29N5O/c1-13-8-14(2)21(17-13)15-9-20(10-15)12-16(22)11-19-6-4-18(3)5-7-19/h8,15-16,22H,4-7,9-12H2,1-3H3/t16-/m0/s1. The third-order valence-electron chi connectivity index (χ3n) is 4.86. The summed E-state index contributed by atoms with van der Waals surface area (Å²) in [6.45, 7) is 12.1. The van der Waals surface area contributed by atoms with Crippen molar-refractivity contribution in [2.45, 2.75) is 26.0 Å². The van der Waals surface area contributed by atoms with Crippen molar-refractivity contribution >= 4 is 0 Å². The van der Waals surface area contributed by atoms with Gasteiger partial charge in [-0.3, -0.25) is 14.5 Å². The van der Waals surface area contributed by atoms with Crippen LogP contribution < -0.4 is 0 Å². The van der Waals surface area contributed by atoms with Crippen molar-refractivity contribution in [1.29, 1.82) is 0 Å². The van der Waals surface area contributed by atoms with Crippen LogP contribution >= 0.6 is 0 Å². The lowest BCUT2D eigenvalue weighted by Crippen LogP contribution is -2.53. The molecule has 0 spiro atoms. The lowest BCUT2D eigenvalue weighted by Gasteiger charge is -2.41. The van der Waals surface area contributed by atoms with Crippen molar-refractivity contribution in [3.63, 3.8) is 0 Å². The van der Waals surface area contributed by atoms with Crippen molar-refractivity contribution in [3.8, 4) is 0 Å². The Morgan fingerprint density at radius 1 is 1.14 bits per heavy atom. The van der Waals surface area contributed by atoms with E-state index in [1.165, 1.54) is 5.69 Å². The van der Waals surface area contributed by atoms with E-state index in [0.29, 0.717) is 6.04 Å². The Morgan fingerprint density at radius 3 is 2.36 bits per heavy atom. The highest BCUT2D eigenvalue weighted by Gasteiger charge is 2.31. The van der Waals surface area contributed by atoms with Gasteiger partial charge in [-0.25, -0.2) is 0 Å². The monoisotopic (exact) mass is 307 g/mol. The molecular formula is C16H29N5O. The molecule has 0 bridgehead atoms. The van der Waals surface area contributed by atoms with E-state index in [1.807, 2.05) is 6.92 Å². The first-order valence-corrected chi connectivity index (χ1v) is 8.35. The highest BCUT2D eigenvalue weighted by molar-refractivity contribution is 5.09. The number of rotatable bonds is 5. The zero-order chi connectivity index (χ0) is 15.7. The summed E-state index contributed by atoms with van der Waals surface area (Å²) in [6.07, 6.45) is -0.246. The molecule has 0 amide bonds. The minimum atomic E-state index is -0.246. The number of aryl methyl sites for hydroxylation is 2. The van der Waals surface area contributed by atoms with Crippen molar-refractivity contribution in [2.24, 2.45) is 0 Å². The van der Waals surface area contributed by atoms with E-state index in [9.17, 15) is 5.11 Å². The van der Waals surface area contributed by atoms with E-state index in [-0.39, 0.29) is 6.10 Å². The zero-order valence-electron chi connectivity index (χ0n) is 14.1. The lowest BCUT2D eigenvalue weighted by atomic mass is 10.1. The summed E-state index contributed by atoms with van der Waals surface area (Å²) in [5.74, 6) is 0. The molecule has 22 heavy (non-hydrogen) atoms. The highest BCUT2D eigenvalue weighted by Crippen LogP contribution is 2.22. The minimum Gasteiger partial charge on any atom is -0.390 e. The Bertz CT molecular complexity index is 489. The van der Waals surface area contributed by atoms with Crippen molar-refractivity contribution in [3.05, 3.63) is 17.5 Å². The SMILES string of the molecule is Cc1cc(C)n(C2CN(C[C@@H](O)CN3CCN(C)CC3)C2)n1. The van der Waals surface area contributed by atoms with Crippen LogP contribution in [-0.4, -0.2) is 95.1 Å². The number of aliphatic hydroxyl groups excluding tert-OH is 1. The molecule has 0 aromatic carbocycles. The smallest absolute Gasteiger partial charge is 0.0793 e. The van der Waals surface area contributed by atoms with Gasteiger partial charge in [0.1, 0.15) is 0 Å². The molecule has 124 valence electrons. The summed E-state index contributed by atoms with van der Waals surface area (Å²) in [4.78, 5) is 7.06. The second kappa shape index (κ2) is 6.66. The first kappa shape index (κ1) is 15.9. The number of hydrogen-bond donors (Lipinski definition) is 1. The molecule has 3 rings (SSSR count). The third-order valence-corrected chi connectivity index (χ3v) is 4.86. The fourth-order valence-electron chi connectivity index (χ4n) is 3.55. The minimum absolute atomic E-state index is 0.246. The number of likely N-dealkylation sites (N-methyl/N-ethyl adjacent to an activating group) is 1. The molecular weight excluding hydrogens is 278 g/mol. The van der Waals surface area contributed by atoms with Crippen LogP contribution in [0.1, 0.15) is 17.4 Å². The van der Waals surface area contributed by atoms with Crippen LogP contribution in [0, 0.1) is 13.8 Å². The topological polar surface area (TPSA) is 47.8 Å². The van der Waals surface area contributed by atoms with Crippen LogP contribution in [0.4, 0.5) is 0 Å². The molecule has 2 aliphatic heterocycles. The molecule has 6 nitrogen and oxygen atoms in total. The van der Waals surface area contributed by atoms with E-state index < -0.39 is 0 Å². The van der Waals surface area contributed by atoms with E-state index in [1.54, 1.807) is 0 Å². The molecule has 2 saturated heterocycles. The molecule has 2 aliphatic rings. The first-order chi connectivity index (χ1) is 10.5. The Hall–Kier alpha value is -0.950. The number of β-amino-alcohol motifs (C(OH)–C–C–N with tert-alkyl or cyclic N) is 1. The van der Waals surface area contributed by atoms with Crippen LogP contribution in [0.3, 0.4) is 0 Å². The van der Waals surface area contributed by atoms with Gasteiger partial charge in [0, 0.05) is 58.1 Å².